The van der Waals surface area contributed by atoms with E-state index < -0.39 is 29.0 Å². The third-order valence-corrected chi connectivity index (χ3v) is 2.93. The lowest BCUT2D eigenvalue weighted by Gasteiger charge is -2.14. The Bertz CT molecular complexity index is 737. The molecule has 5 N–H and O–H groups in total. The molecule has 0 aliphatic carbocycles. The summed E-state index contributed by atoms with van der Waals surface area (Å²) in [5.74, 6) is -4.59. The Hall–Kier alpha value is -2.41. The summed E-state index contributed by atoms with van der Waals surface area (Å²) in [6.45, 7) is 0. The first-order valence-corrected chi connectivity index (χ1v) is 5.97. The van der Waals surface area contributed by atoms with Gasteiger partial charge in [-0.05, 0) is 12.1 Å². The van der Waals surface area contributed by atoms with Gasteiger partial charge in [-0.1, -0.05) is 11.6 Å². The first-order chi connectivity index (χ1) is 9.79. The summed E-state index contributed by atoms with van der Waals surface area (Å²) in [7, 11) is 0. The molecule has 2 rings (SSSR count). The molecule has 8 heteroatoms. The molecular weight excluding hydrogens is 307 g/mol. The van der Waals surface area contributed by atoms with Crippen molar-refractivity contribution in [3.05, 3.63) is 52.3 Å². The van der Waals surface area contributed by atoms with Crippen LogP contribution in [0.25, 0.3) is 0 Å². The van der Waals surface area contributed by atoms with Gasteiger partial charge in [0.25, 0.3) is 5.91 Å². The molecule has 0 saturated heterocycles. The van der Waals surface area contributed by atoms with Crippen LogP contribution in [-0.2, 0) is 0 Å². The number of amides is 1. The minimum absolute atomic E-state index is 0.0483. The number of hydrogen-bond donors (Lipinski definition) is 3. The van der Waals surface area contributed by atoms with Crippen LogP contribution in [-0.4, -0.2) is 5.91 Å². The maximum absolute atomic E-state index is 13.6. The maximum atomic E-state index is 13.6. The van der Waals surface area contributed by atoms with Gasteiger partial charge in [0.15, 0.2) is 11.6 Å². The van der Waals surface area contributed by atoms with Crippen LogP contribution in [0.15, 0.2) is 24.3 Å². The Morgan fingerprint density at radius 3 is 2.43 bits per heavy atom. The second-order valence-electron chi connectivity index (χ2n) is 4.16. The van der Waals surface area contributed by atoms with Crippen molar-refractivity contribution in [3.63, 3.8) is 0 Å². The van der Waals surface area contributed by atoms with E-state index in [0.717, 1.165) is 6.07 Å². The van der Waals surface area contributed by atoms with E-state index in [1.54, 1.807) is 0 Å². The fourth-order valence-corrected chi connectivity index (χ4v) is 2.01. The van der Waals surface area contributed by atoms with Crippen molar-refractivity contribution in [2.45, 2.75) is 0 Å². The quantitative estimate of drug-likeness (QED) is 0.601. The van der Waals surface area contributed by atoms with Gasteiger partial charge in [-0.25, -0.2) is 13.2 Å². The largest absolute Gasteiger partial charge is 0.399 e. The fourth-order valence-electron chi connectivity index (χ4n) is 1.73. The highest BCUT2D eigenvalue weighted by molar-refractivity contribution is 6.34. The molecule has 4 nitrogen and oxygen atoms in total. The minimum Gasteiger partial charge on any atom is -0.399 e. The summed E-state index contributed by atoms with van der Waals surface area (Å²) in [6, 6.07) is 3.60. The molecule has 2 aromatic carbocycles. The highest BCUT2D eigenvalue weighted by Crippen LogP contribution is 2.33. The summed E-state index contributed by atoms with van der Waals surface area (Å²) in [4.78, 5) is 11.4. The summed E-state index contributed by atoms with van der Waals surface area (Å²) in [5.41, 5.74) is 10.1. The molecule has 0 heterocycles. The van der Waals surface area contributed by atoms with E-state index in [2.05, 4.69) is 5.32 Å². The van der Waals surface area contributed by atoms with Crippen LogP contribution in [0.3, 0.4) is 0 Å². The molecule has 110 valence electrons. The first-order valence-electron chi connectivity index (χ1n) is 5.60. The first kappa shape index (κ1) is 15.0. The standard InChI is InChI=1S/C13H9ClF3N3O/c14-8-4-6(18)3-7(13(19)21)12(8)20-10-2-5(15)1-9(16)11(10)17/h1-4,20H,18H2,(H2,19,21). The van der Waals surface area contributed by atoms with Crippen LogP contribution in [0, 0.1) is 17.5 Å². The minimum atomic E-state index is -1.38. The number of carbonyl (C=O) groups excluding carboxylic acids is 1. The Morgan fingerprint density at radius 1 is 1.14 bits per heavy atom. The van der Waals surface area contributed by atoms with Gasteiger partial charge in [-0.2, -0.15) is 0 Å². The smallest absolute Gasteiger partial charge is 0.250 e. The van der Waals surface area contributed by atoms with Gasteiger partial charge in [0, 0.05) is 17.8 Å². The van der Waals surface area contributed by atoms with Crippen molar-refractivity contribution < 1.29 is 18.0 Å². The van der Waals surface area contributed by atoms with Gasteiger partial charge in [0.05, 0.1) is 22.0 Å². The molecule has 0 aliphatic heterocycles. The zero-order chi connectivity index (χ0) is 15.7. The summed E-state index contributed by atoms with van der Waals surface area (Å²) < 4.78 is 39.9. The van der Waals surface area contributed by atoms with Crippen LogP contribution in [0.5, 0.6) is 0 Å². The van der Waals surface area contributed by atoms with E-state index in [1.807, 2.05) is 0 Å². The lowest BCUT2D eigenvalue weighted by molar-refractivity contribution is 0.100. The molecule has 0 fully saturated rings. The number of carbonyl (C=O) groups is 1. The number of halogens is 4. The zero-order valence-corrected chi connectivity index (χ0v) is 11.1. The zero-order valence-electron chi connectivity index (χ0n) is 10.4. The number of rotatable bonds is 3. The van der Waals surface area contributed by atoms with Crippen molar-refractivity contribution in [1.29, 1.82) is 0 Å². The monoisotopic (exact) mass is 315 g/mol. The molecule has 0 bridgehead atoms. The Balaban J connectivity index is 2.57. The van der Waals surface area contributed by atoms with Crippen molar-refractivity contribution in [2.24, 2.45) is 5.73 Å². The van der Waals surface area contributed by atoms with E-state index in [0.29, 0.717) is 6.07 Å². The normalized spacial score (nSPS) is 10.5. The highest BCUT2D eigenvalue weighted by Gasteiger charge is 2.17. The molecule has 0 radical (unpaired) electrons. The second-order valence-corrected chi connectivity index (χ2v) is 4.57. The summed E-state index contributed by atoms with van der Waals surface area (Å²) >= 11 is 5.90. The van der Waals surface area contributed by atoms with Crippen LogP contribution in [0.4, 0.5) is 30.2 Å². The molecule has 0 unspecified atom stereocenters. The van der Waals surface area contributed by atoms with Crippen LogP contribution >= 0.6 is 11.6 Å². The van der Waals surface area contributed by atoms with E-state index in [4.69, 9.17) is 23.1 Å². The molecule has 2 aromatic rings. The molecule has 1 amide bonds. The molecule has 0 aromatic heterocycles. The Morgan fingerprint density at radius 2 is 1.81 bits per heavy atom. The van der Waals surface area contributed by atoms with Crippen molar-refractivity contribution >= 4 is 34.6 Å². The fraction of sp³-hybridized carbons (Fsp3) is 0. The van der Waals surface area contributed by atoms with Gasteiger partial charge >= 0.3 is 0 Å². The van der Waals surface area contributed by atoms with Gasteiger partial charge in [-0.3, -0.25) is 4.79 Å². The molecule has 21 heavy (non-hydrogen) atoms. The maximum Gasteiger partial charge on any atom is 0.250 e. The average molecular weight is 316 g/mol. The number of benzene rings is 2. The van der Waals surface area contributed by atoms with E-state index in [-0.39, 0.29) is 22.0 Å². The molecule has 0 atom stereocenters. The average Bonchev–Trinajstić information content (AvgIpc) is 2.37. The van der Waals surface area contributed by atoms with Gasteiger partial charge < -0.3 is 16.8 Å². The summed E-state index contributed by atoms with van der Waals surface area (Å²) in [6.07, 6.45) is 0. The topological polar surface area (TPSA) is 81.1 Å². The number of nitrogens with two attached hydrogens (primary N) is 2. The van der Waals surface area contributed by atoms with E-state index in [1.165, 1.54) is 12.1 Å². The predicted molar refractivity (Wildman–Crippen MR) is 74.0 cm³/mol. The van der Waals surface area contributed by atoms with Crippen LogP contribution in [0.1, 0.15) is 10.4 Å². The predicted octanol–water partition coefficient (Wildman–Crippen LogP) is 3.18. The number of nitrogen functional groups attached to an aromatic ring is 1. The molecule has 0 spiro atoms. The molecule has 0 aliphatic rings. The van der Waals surface area contributed by atoms with Crippen LogP contribution < -0.4 is 16.8 Å². The Kier molecular flexibility index (Phi) is 3.95. The Labute approximate surface area is 122 Å². The second kappa shape index (κ2) is 5.53. The van der Waals surface area contributed by atoms with E-state index >= 15 is 0 Å². The van der Waals surface area contributed by atoms with Gasteiger partial charge in [0.2, 0.25) is 0 Å². The highest BCUT2D eigenvalue weighted by atomic mass is 35.5. The summed E-state index contributed by atoms with van der Waals surface area (Å²) in [5, 5.41) is 2.31. The van der Waals surface area contributed by atoms with Gasteiger partial charge in [0.1, 0.15) is 5.82 Å². The number of anilines is 3. The number of nitrogens with one attached hydrogen (secondary N) is 1. The SMILES string of the molecule is NC(=O)c1cc(N)cc(Cl)c1Nc1cc(F)cc(F)c1F. The number of primary amides is 1. The lowest BCUT2D eigenvalue weighted by atomic mass is 10.1. The van der Waals surface area contributed by atoms with Crippen LogP contribution in [0.2, 0.25) is 5.02 Å². The van der Waals surface area contributed by atoms with Crippen molar-refractivity contribution in [3.8, 4) is 0 Å². The third-order valence-electron chi connectivity index (χ3n) is 2.63. The third kappa shape index (κ3) is 3.03. The number of hydrogen-bond acceptors (Lipinski definition) is 3. The van der Waals surface area contributed by atoms with Gasteiger partial charge in [-0.15, -0.1) is 0 Å². The van der Waals surface area contributed by atoms with E-state index in [9.17, 15) is 18.0 Å². The van der Waals surface area contributed by atoms with Crippen molar-refractivity contribution in [1.82, 2.24) is 0 Å². The van der Waals surface area contributed by atoms with Crippen molar-refractivity contribution in [2.75, 3.05) is 11.1 Å². The lowest BCUT2D eigenvalue weighted by Crippen LogP contribution is -2.14. The molecule has 0 saturated carbocycles. The molecular formula is C13H9ClF3N3O.